The van der Waals surface area contributed by atoms with Gasteiger partial charge in [0.2, 0.25) is 5.91 Å². The Labute approximate surface area is 146 Å². The zero-order chi connectivity index (χ0) is 18.0. The Morgan fingerprint density at radius 1 is 1.32 bits per heavy atom. The number of carbonyl (C=O) groups excluding carboxylic acids is 2. The van der Waals surface area contributed by atoms with E-state index < -0.39 is 6.04 Å². The topological polar surface area (TPSA) is 84.4 Å². The van der Waals surface area contributed by atoms with Gasteiger partial charge in [-0.05, 0) is 32.4 Å². The van der Waals surface area contributed by atoms with Crippen LogP contribution in [0.4, 0.5) is 5.69 Å². The second-order valence-electron chi connectivity index (χ2n) is 5.89. The minimum absolute atomic E-state index is 0.150. The molecule has 1 saturated heterocycles. The highest BCUT2D eigenvalue weighted by molar-refractivity contribution is 6.04. The molecule has 1 aromatic carbocycles. The third kappa shape index (κ3) is 3.31. The van der Waals surface area contributed by atoms with Crippen LogP contribution in [0.2, 0.25) is 0 Å². The van der Waals surface area contributed by atoms with Crippen molar-refractivity contribution < 1.29 is 14.3 Å². The molecular weight excluding hydrogens is 320 g/mol. The van der Waals surface area contributed by atoms with Gasteiger partial charge in [0, 0.05) is 12.7 Å². The van der Waals surface area contributed by atoms with Crippen LogP contribution < -0.4 is 15.0 Å². The summed E-state index contributed by atoms with van der Waals surface area (Å²) in [6.45, 7) is 4.04. The fourth-order valence-electron chi connectivity index (χ4n) is 2.95. The van der Waals surface area contributed by atoms with Crippen LogP contribution in [0.15, 0.2) is 30.5 Å². The molecule has 25 heavy (non-hydrogen) atoms. The SMILES string of the molecule is COc1ccccc1N1CC[C@H](NC(=O)c2cnc(C)nc2C)C1=O. The van der Waals surface area contributed by atoms with Gasteiger partial charge in [-0.2, -0.15) is 0 Å². The van der Waals surface area contributed by atoms with E-state index in [1.165, 1.54) is 6.20 Å². The first-order valence-corrected chi connectivity index (χ1v) is 8.06. The summed E-state index contributed by atoms with van der Waals surface area (Å²) in [7, 11) is 1.57. The van der Waals surface area contributed by atoms with Crippen molar-refractivity contribution >= 4 is 17.5 Å². The summed E-state index contributed by atoms with van der Waals surface area (Å²) in [5.74, 6) is 0.750. The fraction of sp³-hybridized carbons (Fsp3) is 0.333. The number of hydrogen-bond acceptors (Lipinski definition) is 5. The number of methoxy groups -OCH3 is 1. The first-order chi connectivity index (χ1) is 12.0. The third-order valence-electron chi connectivity index (χ3n) is 4.23. The molecule has 2 amide bonds. The van der Waals surface area contributed by atoms with E-state index in [1.807, 2.05) is 24.3 Å². The molecule has 1 aromatic heterocycles. The minimum atomic E-state index is -0.571. The zero-order valence-electron chi connectivity index (χ0n) is 14.4. The summed E-state index contributed by atoms with van der Waals surface area (Å²) in [6.07, 6.45) is 2.03. The zero-order valence-corrected chi connectivity index (χ0v) is 14.4. The van der Waals surface area contributed by atoms with Gasteiger partial charge in [0.1, 0.15) is 17.6 Å². The van der Waals surface area contributed by atoms with E-state index in [0.717, 1.165) is 0 Å². The van der Waals surface area contributed by atoms with E-state index in [2.05, 4.69) is 15.3 Å². The van der Waals surface area contributed by atoms with Gasteiger partial charge in [-0.3, -0.25) is 9.59 Å². The maximum absolute atomic E-state index is 12.7. The van der Waals surface area contributed by atoms with Crippen LogP contribution in [-0.2, 0) is 4.79 Å². The normalized spacial score (nSPS) is 16.8. The minimum Gasteiger partial charge on any atom is -0.495 e. The van der Waals surface area contributed by atoms with Crippen molar-refractivity contribution in [2.45, 2.75) is 26.3 Å². The summed E-state index contributed by atoms with van der Waals surface area (Å²) in [5.41, 5.74) is 1.69. The van der Waals surface area contributed by atoms with Crippen molar-refractivity contribution in [1.82, 2.24) is 15.3 Å². The van der Waals surface area contributed by atoms with E-state index >= 15 is 0 Å². The highest BCUT2D eigenvalue weighted by Gasteiger charge is 2.35. The predicted molar refractivity (Wildman–Crippen MR) is 92.7 cm³/mol. The second kappa shape index (κ2) is 6.88. The number of aryl methyl sites for hydroxylation is 2. The lowest BCUT2D eigenvalue weighted by atomic mass is 10.2. The van der Waals surface area contributed by atoms with E-state index in [1.54, 1.807) is 25.9 Å². The van der Waals surface area contributed by atoms with Crippen molar-refractivity contribution in [2.24, 2.45) is 0 Å². The molecule has 3 rings (SSSR count). The van der Waals surface area contributed by atoms with Gasteiger partial charge in [-0.15, -0.1) is 0 Å². The van der Waals surface area contributed by atoms with E-state index in [9.17, 15) is 9.59 Å². The molecule has 0 radical (unpaired) electrons. The van der Waals surface area contributed by atoms with Crippen molar-refractivity contribution in [3.8, 4) is 5.75 Å². The number of rotatable bonds is 4. The smallest absolute Gasteiger partial charge is 0.255 e. The van der Waals surface area contributed by atoms with Crippen LogP contribution in [0.25, 0.3) is 0 Å². The number of carbonyl (C=O) groups is 2. The number of anilines is 1. The maximum Gasteiger partial charge on any atom is 0.255 e. The largest absolute Gasteiger partial charge is 0.495 e. The van der Waals surface area contributed by atoms with Crippen molar-refractivity contribution in [3.05, 3.63) is 47.5 Å². The molecule has 7 nitrogen and oxygen atoms in total. The van der Waals surface area contributed by atoms with Crippen LogP contribution in [0.5, 0.6) is 5.75 Å². The van der Waals surface area contributed by atoms with Crippen molar-refractivity contribution in [2.75, 3.05) is 18.6 Å². The molecule has 1 N–H and O–H groups in total. The van der Waals surface area contributed by atoms with Crippen LogP contribution in [-0.4, -0.2) is 41.5 Å². The van der Waals surface area contributed by atoms with Gasteiger partial charge in [-0.25, -0.2) is 9.97 Å². The Hall–Kier alpha value is -2.96. The fourth-order valence-corrected chi connectivity index (χ4v) is 2.95. The average Bonchev–Trinajstić information content (AvgIpc) is 2.95. The Morgan fingerprint density at radius 2 is 2.08 bits per heavy atom. The molecule has 7 heteroatoms. The number of nitrogens with one attached hydrogen (secondary N) is 1. The Balaban J connectivity index is 1.75. The summed E-state index contributed by atoms with van der Waals surface area (Å²) >= 11 is 0. The molecule has 1 atom stereocenters. The number of nitrogens with zero attached hydrogens (tertiary/aromatic N) is 3. The van der Waals surface area contributed by atoms with Crippen molar-refractivity contribution in [1.29, 1.82) is 0 Å². The number of amides is 2. The number of hydrogen-bond donors (Lipinski definition) is 1. The molecule has 1 aliphatic heterocycles. The molecular formula is C18H20N4O3. The first kappa shape index (κ1) is 16.9. The molecule has 0 spiro atoms. The van der Waals surface area contributed by atoms with Crippen LogP contribution in [0.3, 0.4) is 0 Å². The molecule has 0 aliphatic carbocycles. The van der Waals surface area contributed by atoms with Gasteiger partial charge in [0.05, 0.1) is 24.1 Å². The lowest BCUT2D eigenvalue weighted by Crippen LogP contribution is -2.42. The second-order valence-corrected chi connectivity index (χ2v) is 5.89. The highest BCUT2D eigenvalue weighted by Crippen LogP contribution is 2.31. The van der Waals surface area contributed by atoms with Gasteiger partial charge in [0.25, 0.3) is 5.91 Å². The Kier molecular flexibility index (Phi) is 4.65. The Morgan fingerprint density at radius 3 is 2.80 bits per heavy atom. The summed E-state index contributed by atoms with van der Waals surface area (Å²) < 4.78 is 5.32. The van der Waals surface area contributed by atoms with E-state index in [4.69, 9.17) is 4.74 Å². The molecule has 2 aromatic rings. The van der Waals surface area contributed by atoms with Crippen LogP contribution in [0.1, 0.15) is 28.3 Å². The predicted octanol–water partition coefficient (Wildman–Crippen LogP) is 1.64. The van der Waals surface area contributed by atoms with Gasteiger partial charge in [-0.1, -0.05) is 12.1 Å². The van der Waals surface area contributed by atoms with Crippen LogP contribution >= 0.6 is 0 Å². The summed E-state index contributed by atoms with van der Waals surface area (Å²) in [6, 6.07) is 6.77. The lowest BCUT2D eigenvalue weighted by molar-refractivity contribution is -0.118. The summed E-state index contributed by atoms with van der Waals surface area (Å²) in [5, 5.41) is 2.79. The highest BCUT2D eigenvalue weighted by atomic mass is 16.5. The number of para-hydroxylation sites is 2. The number of benzene rings is 1. The van der Waals surface area contributed by atoms with Crippen LogP contribution in [0, 0.1) is 13.8 Å². The summed E-state index contributed by atoms with van der Waals surface area (Å²) in [4.78, 5) is 35.0. The number of ether oxygens (including phenoxy) is 1. The molecule has 0 unspecified atom stereocenters. The molecule has 1 aliphatic rings. The van der Waals surface area contributed by atoms with Gasteiger partial charge >= 0.3 is 0 Å². The van der Waals surface area contributed by atoms with Gasteiger partial charge < -0.3 is 15.0 Å². The molecule has 0 saturated carbocycles. The first-order valence-electron chi connectivity index (χ1n) is 8.06. The average molecular weight is 340 g/mol. The molecule has 130 valence electrons. The standard InChI is InChI=1S/C18H20N4O3/c1-11-13(10-19-12(2)20-11)17(23)21-14-8-9-22(18(14)24)15-6-4-5-7-16(15)25-3/h4-7,10,14H,8-9H2,1-3H3,(H,21,23)/t14-/m0/s1. The Bertz CT molecular complexity index is 822. The third-order valence-corrected chi connectivity index (χ3v) is 4.23. The number of aromatic nitrogens is 2. The van der Waals surface area contributed by atoms with Crippen molar-refractivity contribution in [3.63, 3.8) is 0 Å². The van der Waals surface area contributed by atoms with E-state index in [0.29, 0.717) is 41.5 Å². The lowest BCUT2D eigenvalue weighted by Gasteiger charge is -2.19. The monoisotopic (exact) mass is 340 g/mol. The molecule has 2 heterocycles. The molecule has 0 bridgehead atoms. The van der Waals surface area contributed by atoms with E-state index in [-0.39, 0.29) is 11.8 Å². The quantitative estimate of drug-likeness (QED) is 0.914. The maximum atomic E-state index is 12.7. The van der Waals surface area contributed by atoms with Gasteiger partial charge in [0.15, 0.2) is 0 Å². The molecule has 1 fully saturated rings.